The van der Waals surface area contributed by atoms with Crippen molar-refractivity contribution in [3.63, 3.8) is 0 Å². The van der Waals surface area contributed by atoms with E-state index in [2.05, 4.69) is 0 Å². The lowest BCUT2D eigenvalue weighted by Crippen LogP contribution is -2.38. The summed E-state index contributed by atoms with van der Waals surface area (Å²) in [7, 11) is 3.23. The fraction of sp³-hybridized carbons (Fsp3) is 0.545. The smallest absolute Gasteiger partial charge is 0.277 e. The highest BCUT2D eigenvalue weighted by Crippen LogP contribution is 2.32. The summed E-state index contributed by atoms with van der Waals surface area (Å²) in [6.45, 7) is 8.12. The summed E-state index contributed by atoms with van der Waals surface area (Å²) in [6.07, 6.45) is 0.763. The van der Waals surface area contributed by atoms with Gasteiger partial charge in [0.15, 0.2) is 0 Å². The van der Waals surface area contributed by atoms with E-state index in [1.165, 1.54) is 4.90 Å². The van der Waals surface area contributed by atoms with Crippen LogP contribution in [0.25, 0.3) is 5.57 Å². The SMILES string of the molecule is CCCN1C(=O)C(c2ccc(OC(C)C)cc2)=C(N(CCOC)CCOC)C1=O. The zero-order chi connectivity index (χ0) is 21.4. The van der Waals surface area contributed by atoms with Crippen molar-refractivity contribution in [2.45, 2.75) is 33.3 Å². The Kier molecular flexibility index (Phi) is 8.67. The number of nitrogens with zero attached hydrogens (tertiary/aromatic N) is 2. The second-order valence-electron chi connectivity index (χ2n) is 7.15. The molecule has 2 rings (SSSR count). The summed E-state index contributed by atoms with van der Waals surface area (Å²) in [6, 6.07) is 7.32. The van der Waals surface area contributed by atoms with Crippen LogP contribution < -0.4 is 4.74 Å². The van der Waals surface area contributed by atoms with Gasteiger partial charge in [-0.05, 0) is 38.0 Å². The number of hydrogen-bond donors (Lipinski definition) is 0. The fourth-order valence-electron chi connectivity index (χ4n) is 3.25. The molecular formula is C22H32N2O5. The molecule has 0 saturated heterocycles. The van der Waals surface area contributed by atoms with Crippen LogP contribution in [0.15, 0.2) is 30.0 Å². The summed E-state index contributed by atoms with van der Waals surface area (Å²) < 4.78 is 16.1. The molecule has 0 fully saturated rings. The number of amides is 2. The molecule has 0 spiro atoms. The van der Waals surface area contributed by atoms with Crippen molar-refractivity contribution >= 4 is 17.4 Å². The summed E-state index contributed by atoms with van der Waals surface area (Å²) in [4.78, 5) is 29.5. The van der Waals surface area contributed by atoms with Crippen molar-refractivity contribution in [2.24, 2.45) is 0 Å². The van der Waals surface area contributed by atoms with Gasteiger partial charge in [-0.1, -0.05) is 19.1 Å². The topological polar surface area (TPSA) is 68.3 Å². The van der Waals surface area contributed by atoms with E-state index in [9.17, 15) is 9.59 Å². The molecule has 7 heteroatoms. The molecule has 0 atom stereocenters. The summed E-state index contributed by atoms with van der Waals surface area (Å²) >= 11 is 0. The van der Waals surface area contributed by atoms with Gasteiger partial charge in [-0.3, -0.25) is 14.5 Å². The number of methoxy groups -OCH3 is 2. The van der Waals surface area contributed by atoms with Crippen molar-refractivity contribution in [1.29, 1.82) is 0 Å². The van der Waals surface area contributed by atoms with Gasteiger partial charge in [0.2, 0.25) is 0 Å². The average molecular weight is 405 g/mol. The first kappa shape index (κ1) is 22.9. The normalized spacial score (nSPS) is 14.3. The fourth-order valence-corrected chi connectivity index (χ4v) is 3.25. The molecule has 1 aromatic rings. The Hall–Kier alpha value is -2.38. The van der Waals surface area contributed by atoms with E-state index in [0.717, 1.165) is 5.75 Å². The molecule has 1 heterocycles. The third kappa shape index (κ3) is 5.58. The number of imide groups is 1. The molecule has 160 valence electrons. The first-order valence-corrected chi connectivity index (χ1v) is 10.0. The molecule has 1 aliphatic rings. The second kappa shape index (κ2) is 11.0. The van der Waals surface area contributed by atoms with Gasteiger partial charge in [0, 0.05) is 33.9 Å². The van der Waals surface area contributed by atoms with Crippen molar-refractivity contribution in [3.05, 3.63) is 35.5 Å². The maximum Gasteiger partial charge on any atom is 0.277 e. The van der Waals surface area contributed by atoms with Gasteiger partial charge in [0.25, 0.3) is 11.8 Å². The Bertz CT molecular complexity index is 719. The number of hydrogen-bond acceptors (Lipinski definition) is 6. The van der Waals surface area contributed by atoms with E-state index < -0.39 is 0 Å². The lowest BCUT2D eigenvalue weighted by molar-refractivity contribution is -0.137. The maximum absolute atomic E-state index is 13.2. The summed E-state index contributed by atoms with van der Waals surface area (Å²) in [5.74, 6) is 0.203. The largest absolute Gasteiger partial charge is 0.491 e. The van der Waals surface area contributed by atoms with E-state index in [1.54, 1.807) is 14.2 Å². The Morgan fingerprint density at radius 2 is 1.55 bits per heavy atom. The van der Waals surface area contributed by atoms with E-state index in [0.29, 0.717) is 56.1 Å². The molecule has 1 aliphatic heterocycles. The number of carbonyl (C=O) groups is 2. The lowest BCUT2D eigenvalue weighted by atomic mass is 10.0. The van der Waals surface area contributed by atoms with Crippen LogP contribution in [0, 0.1) is 0 Å². The second-order valence-corrected chi connectivity index (χ2v) is 7.15. The van der Waals surface area contributed by atoms with Gasteiger partial charge in [0.05, 0.1) is 24.9 Å². The molecule has 0 unspecified atom stereocenters. The average Bonchev–Trinajstić information content (AvgIpc) is 2.93. The number of ether oxygens (including phenoxy) is 3. The Morgan fingerprint density at radius 3 is 2.03 bits per heavy atom. The van der Waals surface area contributed by atoms with Gasteiger partial charge < -0.3 is 19.1 Å². The Balaban J connectivity index is 2.48. The molecule has 0 bridgehead atoms. The molecule has 2 amide bonds. The van der Waals surface area contributed by atoms with E-state index in [4.69, 9.17) is 14.2 Å². The number of rotatable bonds is 12. The van der Waals surface area contributed by atoms with Crippen molar-refractivity contribution in [3.8, 4) is 5.75 Å². The van der Waals surface area contributed by atoms with Crippen LogP contribution >= 0.6 is 0 Å². The van der Waals surface area contributed by atoms with Crippen LogP contribution in [0.3, 0.4) is 0 Å². The van der Waals surface area contributed by atoms with Crippen LogP contribution in [0.5, 0.6) is 5.75 Å². The minimum Gasteiger partial charge on any atom is -0.491 e. The first-order valence-electron chi connectivity index (χ1n) is 10.0. The molecular weight excluding hydrogens is 372 g/mol. The van der Waals surface area contributed by atoms with Gasteiger partial charge >= 0.3 is 0 Å². The molecule has 1 aromatic carbocycles. The first-order chi connectivity index (χ1) is 13.9. The predicted molar refractivity (Wildman–Crippen MR) is 111 cm³/mol. The standard InChI is InChI=1S/C22H32N2O5/c1-6-11-24-21(25)19(17-7-9-18(10-8-17)29-16(2)3)20(22(24)26)23(12-14-27-4)13-15-28-5/h7-10,16H,6,11-15H2,1-5H3. The highest BCUT2D eigenvalue weighted by atomic mass is 16.5. The Morgan fingerprint density at radius 1 is 0.966 bits per heavy atom. The quantitative estimate of drug-likeness (QED) is 0.499. The zero-order valence-corrected chi connectivity index (χ0v) is 18.1. The summed E-state index contributed by atoms with van der Waals surface area (Å²) in [5, 5.41) is 0. The number of benzene rings is 1. The Labute approximate surface area is 173 Å². The molecule has 0 radical (unpaired) electrons. The van der Waals surface area contributed by atoms with E-state index in [-0.39, 0.29) is 17.9 Å². The molecule has 0 aliphatic carbocycles. The monoisotopic (exact) mass is 404 g/mol. The third-order valence-corrected chi connectivity index (χ3v) is 4.55. The van der Waals surface area contributed by atoms with Gasteiger partial charge in [0.1, 0.15) is 11.4 Å². The highest BCUT2D eigenvalue weighted by molar-refractivity contribution is 6.35. The predicted octanol–water partition coefficient (Wildman–Crippen LogP) is 2.56. The van der Waals surface area contributed by atoms with Crippen LogP contribution in [0.4, 0.5) is 0 Å². The maximum atomic E-state index is 13.2. The highest BCUT2D eigenvalue weighted by Gasteiger charge is 2.40. The zero-order valence-electron chi connectivity index (χ0n) is 18.1. The van der Waals surface area contributed by atoms with Crippen LogP contribution in [0.1, 0.15) is 32.8 Å². The molecule has 29 heavy (non-hydrogen) atoms. The van der Waals surface area contributed by atoms with Crippen LogP contribution in [-0.4, -0.2) is 74.8 Å². The van der Waals surface area contributed by atoms with Gasteiger partial charge in [-0.2, -0.15) is 0 Å². The number of carbonyl (C=O) groups excluding carboxylic acids is 2. The minimum absolute atomic E-state index is 0.0592. The molecule has 7 nitrogen and oxygen atoms in total. The van der Waals surface area contributed by atoms with Crippen LogP contribution in [-0.2, 0) is 19.1 Å². The van der Waals surface area contributed by atoms with Crippen molar-refractivity contribution < 1.29 is 23.8 Å². The van der Waals surface area contributed by atoms with Crippen molar-refractivity contribution in [2.75, 3.05) is 47.1 Å². The van der Waals surface area contributed by atoms with Gasteiger partial charge in [-0.15, -0.1) is 0 Å². The van der Waals surface area contributed by atoms with Gasteiger partial charge in [-0.25, -0.2) is 0 Å². The molecule has 0 N–H and O–H groups in total. The van der Waals surface area contributed by atoms with E-state index >= 15 is 0 Å². The lowest BCUT2D eigenvalue weighted by Gasteiger charge is -2.25. The summed E-state index contributed by atoms with van der Waals surface area (Å²) in [5.41, 5.74) is 1.54. The van der Waals surface area contributed by atoms with Crippen molar-refractivity contribution in [1.82, 2.24) is 9.80 Å². The molecule has 0 saturated carbocycles. The van der Waals surface area contributed by atoms with E-state index in [1.807, 2.05) is 49.9 Å². The molecule has 0 aromatic heterocycles. The minimum atomic E-state index is -0.262. The van der Waals surface area contributed by atoms with Crippen LogP contribution in [0.2, 0.25) is 0 Å². The third-order valence-electron chi connectivity index (χ3n) is 4.55.